The molecule has 0 aliphatic rings. The number of nitrogens with zero attached hydrogens (tertiary/aromatic N) is 1. The quantitative estimate of drug-likeness (QED) is 0.789. The minimum atomic E-state index is 0.163. The Morgan fingerprint density at radius 3 is 2.61 bits per heavy atom. The molecule has 2 unspecified atom stereocenters. The number of furan rings is 1. The summed E-state index contributed by atoms with van der Waals surface area (Å²) >= 11 is 3.54. The number of hydrogen-bond acceptors (Lipinski definition) is 3. The molecule has 0 spiro atoms. The van der Waals surface area contributed by atoms with E-state index < -0.39 is 0 Å². The van der Waals surface area contributed by atoms with Gasteiger partial charge in [0, 0.05) is 12.6 Å². The monoisotopic (exact) mass is 316 g/mol. The van der Waals surface area contributed by atoms with Gasteiger partial charge in [0.15, 0.2) is 0 Å². The van der Waals surface area contributed by atoms with Crippen LogP contribution >= 0.6 is 15.9 Å². The standard InChI is InChI=1S/C14H25BrN2O/c1-4-6-8-17(11(3)5-2)13(10-16)14-12(15)7-9-18-14/h7,9,11,13H,4-6,8,10,16H2,1-3H3. The fourth-order valence-corrected chi connectivity index (χ4v) is 2.66. The summed E-state index contributed by atoms with van der Waals surface area (Å²) in [6.07, 6.45) is 5.23. The molecule has 0 bridgehead atoms. The van der Waals surface area contributed by atoms with Crippen molar-refractivity contribution in [3.8, 4) is 0 Å². The topological polar surface area (TPSA) is 42.4 Å². The molecule has 2 N–H and O–H groups in total. The minimum Gasteiger partial charge on any atom is -0.466 e. The lowest BCUT2D eigenvalue weighted by molar-refractivity contribution is 0.124. The zero-order chi connectivity index (χ0) is 13.5. The summed E-state index contributed by atoms with van der Waals surface area (Å²) in [5.41, 5.74) is 5.98. The maximum atomic E-state index is 5.98. The predicted octanol–water partition coefficient (Wildman–Crippen LogP) is 3.94. The Balaban J connectivity index is 2.89. The molecule has 0 aliphatic carbocycles. The van der Waals surface area contributed by atoms with Gasteiger partial charge in [-0.2, -0.15) is 0 Å². The van der Waals surface area contributed by atoms with Crippen molar-refractivity contribution in [2.75, 3.05) is 13.1 Å². The van der Waals surface area contributed by atoms with Gasteiger partial charge in [-0.1, -0.05) is 20.3 Å². The summed E-state index contributed by atoms with van der Waals surface area (Å²) in [4.78, 5) is 2.47. The van der Waals surface area contributed by atoms with E-state index in [1.165, 1.54) is 12.8 Å². The van der Waals surface area contributed by atoms with E-state index in [1.54, 1.807) is 6.26 Å². The van der Waals surface area contributed by atoms with Gasteiger partial charge in [0.1, 0.15) is 5.76 Å². The second-order valence-electron chi connectivity index (χ2n) is 4.73. The first-order valence-corrected chi connectivity index (χ1v) is 7.63. The van der Waals surface area contributed by atoms with Crippen molar-refractivity contribution in [3.63, 3.8) is 0 Å². The van der Waals surface area contributed by atoms with Crippen LogP contribution in [0.4, 0.5) is 0 Å². The van der Waals surface area contributed by atoms with Crippen LogP contribution in [0, 0.1) is 0 Å². The highest BCUT2D eigenvalue weighted by atomic mass is 79.9. The molecule has 0 saturated carbocycles. The summed E-state index contributed by atoms with van der Waals surface area (Å²) in [7, 11) is 0. The van der Waals surface area contributed by atoms with Crippen LogP contribution < -0.4 is 5.73 Å². The van der Waals surface area contributed by atoms with Gasteiger partial charge in [0.2, 0.25) is 0 Å². The van der Waals surface area contributed by atoms with E-state index in [1.807, 2.05) is 6.07 Å². The van der Waals surface area contributed by atoms with E-state index >= 15 is 0 Å². The molecule has 0 saturated heterocycles. The second-order valence-corrected chi connectivity index (χ2v) is 5.59. The highest BCUT2D eigenvalue weighted by Crippen LogP contribution is 2.30. The first-order chi connectivity index (χ1) is 8.65. The maximum absolute atomic E-state index is 5.98. The third-order valence-electron chi connectivity index (χ3n) is 3.50. The van der Waals surface area contributed by atoms with Gasteiger partial charge < -0.3 is 10.2 Å². The first-order valence-electron chi connectivity index (χ1n) is 6.84. The smallest absolute Gasteiger partial charge is 0.136 e. The van der Waals surface area contributed by atoms with Gasteiger partial charge in [0.25, 0.3) is 0 Å². The summed E-state index contributed by atoms with van der Waals surface area (Å²) < 4.78 is 6.62. The second kappa shape index (κ2) is 7.97. The molecule has 0 fully saturated rings. The van der Waals surface area contributed by atoms with E-state index in [-0.39, 0.29) is 6.04 Å². The molecule has 18 heavy (non-hydrogen) atoms. The van der Waals surface area contributed by atoms with Crippen molar-refractivity contribution < 1.29 is 4.42 Å². The molecule has 2 atom stereocenters. The van der Waals surface area contributed by atoms with Gasteiger partial charge in [-0.25, -0.2) is 0 Å². The van der Waals surface area contributed by atoms with Crippen LogP contribution in [-0.2, 0) is 0 Å². The highest BCUT2D eigenvalue weighted by Gasteiger charge is 2.26. The maximum Gasteiger partial charge on any atom is 0.136 e. The molecule has 0 amide bonds. The Labute approximate surface area is 119 Å². The van der Waals surface area contributed by atoms with Crippen LogP contribution in [0.2, 0.25) is 0 Å². The Morgan fingerprint density at radius 1 is 1.44 bits per heavy atom. The molecule has 3 nitrogen and oxygen atoms in total. The number of hydrogen-bond donors (Lipinski definition) is 1. The SMILES string of the molecule is CCCCN(C(C)CC)C(CN)c1occc1Br. The zero-order valence-corrected chi connectivity index (χ0v) is 13.2. The van der Waals surface area contributed by atoms with Gasteiger partial charge in [0.05, 0.1) is 16.8 Å². The number of halogens is 1. The molecule has 1 heterocycles. The molecular weight excluding hydrogens is 292 g/mol. The van der Waals surface area contributed by atoms with Crippen molar-refractivity contribution in [2.24, 2.45) is 5.73 Å². The first kappa shape index (κ1) is 15.7. The Kier molecular flexibility index (Phi) is 6.97. The zero-order valence-electron chi connectivity index (χ0n) is 11.7. The van der Waals surface area contributed by atoms with E-state index in [0.29, 0.717) is 12.6 Å². The molecule has 0 aromatic carbocycles. The van der Waals surface area contributed by atoms with E-state index in [2.05, 4.69) is 41.6 Å². The summed E-state index contributed by atoms with van der Waals surface area (Å²) in [6.45, 7) is 8.35. The summed E-state index contributed by atoms with van der Waals surface area (Å²) in [6, 6.07) is 2.62. The Hall–Kier alpha value is -0.320. The normalized spacial score (nSPS) is 15.0. The largest absolute Gasteiger partial charge is 0.466 e. The Bertz CT molecular complexity index is 340. The van der Waals surface area contributed by atoms with Crippen molar-refractivity contribution in [2.45, 2.75) is 52.1 Å². The fraction of sp³-hybridized carbons (Fsp3) is 0.714. The van der Waals surface area contributed by atoms with Gasteiger partial charge in [-0.05, 0) is 48.3 Å². The lowest BCUT2D eigenvalue weighted by Gasteiger charge is -2.34. The molecule has 104 valence electrons. The van der Waals surface area contributed by atoms with Crippen LogP contribution in [0.15, 0.2) is 21.2 Å². The molecule has 0 aliphatic heterocycles. The summed E-state index contributed by atoms with van der Waals surface area (Å²) in [5.74, 6) is 0.953. The number of unbranched alkanes of at least 4 members (excludes halogenated alkanes) is 1. The lowest BCUT2D eigenvalue weighted by atomic mass is 10.1. The average Bonchev–Trinajstić information content (AvgIpc) is 2.80. The van der Waals surface area contributed by atoms with Crippen molar-refractivity contribution in [1.29, 1.82) is 0 Å². The highest BCUT2D eigenvalue weighted by molar-refractivity contribution is 9.10. The molecule has 1 rings (SSSR count). The number of nitrogens with two attached hydrogens (primary N) is 1. The van der Waals surface area contributed by atoms with Crippen LogP contribution in [0.1, 0.15) is 51.8 Å². The number of rotatable bonds is 8. The van der Waals surface area contributed by atoms with Gasteiger partial charge >= 0.3 is 0 Å². The average molecular weight is 317 g/mol. The summed E-state index contributed by atoms with van der Waals surface area (Å²) in [5, 5.41) is 0. The molecular formula is C14H25BrN2O. The lowest BCUT2D eigenvalue weighted by Crippen LogP contribution is -2.40. The third kappa shape index (κ3) is 3.84. The molecule has 1 aromatic heterocycles. The third-order valence-corrected chi connectivity index (χ3v) is 4.15. The van der Waals surface area contributed by atoms with Crippen LogP contribution in [0.3, 0.4) is 0 Å². The van der Waals surface area contributed by atoms with E-state index in [4.69, 9.17) is 10.2 Å². The van der Waals surface area contributed by atoms with Crippen LogP contribution in [0.5, 0.6) is 0 Å². The molecule has 0 radical (unpaired) electrons. The van der Waals surface area contributed by atoms with Crippen molar-refractivity contribution in [1.82, 2.24) is 4.90 Å². The molecule has 4 heteroatoms. The fourth-order valence-electron chi connectivity index (χ4n) is 2.19. The van der Waals surface area contributed by atoms with Crippen molar-refractivity contribution in [3.05, 3.63) is 22.6 Å². The van der Waals surface area contributed by atoms with Gasteiger partial charge in [-0.15, -0.1) is 0 Å². The van der Waals surface area contributed by atoms with E-state index in [9.17, 15) is 0 Å². The van der Waals surface area contributed by atoms with Gasteiger partial charge in [-0.3, -0.25) is 4.90 Å². The minimum absolute atomic E-state index is 0.163. The van der Waals surface area contributed by atoms with Crippen LogP contribution in [0.25, 0.3) is 0 Å². The van der Waals surface area contributed by atoms with Crippen molar-refractivity contribution >= 4 is 15.9 Å². The molecule has 1 aromatic rings. The van der Waals surface area contributed by atoms with Crippen LogP contribution in [-0.4, -0.2) is 24.0 Å². The van der Waals surface area contributed by atoms with E-state index in [0.717, 1.165) is 23.2 Å². The Morgan fingerprint density at radius 2 is 2.17 bits per heavy atom. The predicted molar refractivity (Wildman–Crippen MR) is 79.6 cm³/mol.